The van der Waals surface area contributed by atoms with Gasteiger partial charge in [-0.15, -0.1) is 0 Å². The predicted octanol–water partition coefficient (Wildman–Crippen LogP) is 2.12. The minimum atomic E-state index is -0.867. The van der Waals surface area contributed by atoms with Gasteiger partial charge in [0.1, 0.15) is 5.69 Å². The van der Waals surface area contributed by atoms with Crippen LogP contribution in [0.15, 0.2) is 12.1 Å². The zero-order valence-corrected chi connectivity index (χ0v) is 10.7. The van der Waals surface area contributed by atoms with E-state index in [0.717, 1.165) is 25.0 Å². The van der Waals surface area contributed by atoms with E-state index in [1.54, 1.807) is 4.90 Å². The first-order valence-electron chi connectivity index (χ1n) is 6.31. The number of nitrogens with two attached hydrogens (primary N) is 1. The first kappa shape index (κ1) is 13.7. The van der Waals surface area contributed by atoms with Gasteiger partial charge in [-0.2, -0.15) is 0 Å². The Kier molecular flexibility index (Phi) is 3.99. The summed E-state index contributed by atoms with van der Waals surface area (Å²) >= 11 is 0. The van der Waals surface area contributed by atoms with E-state index in [1.807, 2.05) is 12.3 Å². The van der Waals surface area contributed by atoms with E-state index in [-0.39, 0.29) is 11.5 Å². The van der Waals surface area contributed by atoms with Crippen LogP contribution in [-0.2, 0) is 0 Å². The summed E-state index contributed by atoms with van der Waals surface area (Å²) in [5.41, 5.74) is 1.52. The number of nitrogens with one attached hydrogen (secondary N) is 1. The van der Waals surface area contributed by atoms with Crippen molar-refractivity contribution >= 4 is 11.6 Å². The van der Waals surface area contributed by atoms with Crippen LogP contribution in [0.2, 0.25) is 0 Å². The Labute approximate surface area is 110 Å². The quantitative estimate of drug-likeness (QED) is 0.636. The number of rotatable bonds is 5. The third-order valence-corrected chi connectivity index (χ3v) is 3.28. The minimum Gasteiger partial charge on any atom is -0.339 e. The van der Waals surface area contributed by atoms with Crippen LogP contribution in [0.1, 0.15) is 30.1 Å². The third-order valence-electron chi connectivity index (χ3n) is 3.28. The molecule has 0 bridgehead atoms. The molecule has 1 aliphatic carbocycles. The molecule has 0 radical (unpaired) electrons. The average Bonchev–Trinajstić information content (AvgIpc) is 3.18. The molecule has 0 saturated heterocycles. The van der Waals surface area contributed by atoms with Gasteiger partial charge in [0.15, 0.2) is 11.6 Å². The summed E-state index contributed by atoms with van der Waals surface area (Å²) in [6, 6.07) is 2.02. The second-order valence-electron chi connectivity index (χ2n) is 4.75. The van der Waals surface area contributed by atoms with Crippen molar-refractivity contribution in [3.63, 3.8) is 0 Å². The summed E-state index contributed by atoms with van der Waals surface area (Å²) in [6.07, 6.45) is 2.23. The molecular weight excluding hydrogens is 252 g/mol. The molecule has 0 atom stereocenters. The monoisotopic (exact) mass is 269 g/mol. The van der Waals surface area contributed by atoms with Gasteiger partial charge in [0, 0.05) is 18.7 Å². The van der Waals surface area contributed by atoms with Gasteiger partial charge in [-0.3, -0.25) is 10.6 Å². The largest absolute Gasteiger partial charge is 0.339 e. The van der Waals surface area contributed by atoms with E-state index in [0.29, 0.717) is 19.0 Å². The van der Waals surface area contributed by atoms with Crippen molar-refractivity contribution in [2.45, 2.75) is 19.8 Å². The first-order chi connectivity index (χ1) is 9.06. The molecule has 19 heavy (non-hydrogen) atoms. The minimum absolute atomic E-state index is 0.0106. The number of hydrogen-bond acceptors (Lipinski definition) is 3. The van der Waals surface area contributed by atoms with E-state index in [4.69, 9.17) is 5.84 Å². The van der Waals surface area contributed by atoms with E-state index in [1.165, 1.54) is 0 Å². The highest BCUT2D eigenvalue weighted by atomic mass is 19.1. The van der Waals surface area contributed by atoms with Crippen LogP contribution in [0.25, 0.3) is 0 Å². The molecule has 1 amide bonds. The number of nitrogen functional groups attached to an aromatic ring is 1. The number of carbonyl (C=O) groups is 1. The molecule has 1 aromatic rings. The molecule has 4 nitrogen and oxygen atoms in total. The number of nitrogens with zero attached hydrogens (tertiary/aromatic N) is 1. The lowest BCUT2D eigenvalue weighted by Crippen LogP contribution is -2.33. The maximum atomic E-state index is 13.6. The van der Waals surface area contributed by atoms with E-state index in [2.05, 4.69) is 0 Å². The highest BCUT2D eigenvalue weighted by Crippen LogP contribution is 2.30. The Morgan fingerprint density at radius 3 is 2.42 bits per heavy atom. The van der Waals surface area contributed by atoms with Crippen molar-refractivity contribution in [2.75, 3.05) is 18.5 Å². The fourth-order valence-corrected chi connectivity index (χ4v) is 1.98. The lowest BCUT2D eigenvalue weighted by molar-refractivity contribution is 0.0756. The second-order valence-corrected chi connectivity index (χ2v) is 4.75. The molecule has 3 N–H and O–H groups in total. The number of halogens is 2. The maximum Gasteiger partial charge on any atom is 0.254 e. The highest BCUT2D eigenvalue weighted by Gasteiger charge is 2.27. The third kappa shape index (κ3) is 3.01. The van der Waals surface area contributed by atoms with Gasteiger partial charge in [0.05, 0.1) is 0 Å². The van der Waals surface area contributed by atoms with Gasteiger partial charge in [0.25, 0.3) is 5.91 Å². The normalized spacial score (nSPS) is 14.3. The zero-order valence-electron chi connectivity index (χ0n) is 10.7. The van der Waals surface area contributed by atoms with Crippen LogP contribution in [0, 0.1) is 17.6 Å². The van der Waals surface area contributed by atoms with Gasteiger partial charge >= 0.3 is 0 Å². The summed E-state index contributed by atoms with van der Waals surface area (Å²) in [5, 5.41) is 0. The van der Waals surface area contributed by atoms with Crippen molar-refractivity contribution < 1.29 is 13.6 Å². The van der Waals surface area contributed by atoms with Gasteiger partial charge in [-0.05, 0) is 37.8 Å². The standard InChI is InChI=1S/C13H17F2N3O/c1-2-18(7-8-3-4-8)13(19)9-5-10(14)12(17-16)11(15)6-9/h5-6,8,17H,2-4,7,16H2,1H3. The smallest absolute Gasteiger partial charge is 0.254 e. The summed E-state index contributed by atoms with van der Waals surface area (Å²) in [5.74, 6) is 3.46. The van der Waals surface area contributed by atoms with Crippen molar-refractivity contribution in [2.24, 2.45) is 11.8 Å². The van der Waals surface area contributed by atoms with Crippen molar-refractivity contribution in [3.8, 4) is 0 Å². The van der Waals surface area contributed by atoms with Gasteiger partial charge in [-0.1, -0.05) is 0 Å². The second kappa shape index (κ2) is 5.52. The van der Waals surface area contributed by atoms with Crippen LogP contribution in [-0.4, -0.2) is 23.9 Å². The topological polar surface area (TPSA) is 58.4 Å². The molecule has 1 fully saturated rings. The number of anilines is 1. The molecule has 0 aliphatic heterocycles. The summed E-state index contributed by atoms with van der Waals surface area (Å²) in [6.45, 7) is 3.02. The van der Waals surface area contributed by atoms with Crippen LogP contribution in [0.5, 0.6) is 0 Å². The summed E-state index contributed by atoms with van der Waals surface area (Å²) < 4.78 is 27.1. The molecule has 0 spiro atoms. The zero-order chi connectivity index (χ0) is 14.0. The van der Waals surface area contributed by atoms with Gasteiger partial charge in [-0.25, -0.2) is 8.78 Å². The predicted molar refractivity (Wildman–Crippen MR) is 68.5 cm³/mol. The molecule has 0 unspecified atom stereocenters. The molecule has 1 aromatic carbocycles. The molecule has 104 valence electrons. The summed E-state index contributed by atoms with van der Waals surface area (Å²) in [7, 11) is 0. The first-order valence-corrected chi connectivity index (χ1v) is 6.31. The Hall–Kier alpha value is -1.69. The number of hydrazine groups is 1. The SMILES string of the molecule is CCN(CC1CC1)C(=O)c1cc(F)c(NN)c(F)c1. The lowest BCUT2D eigenvalue weighted by Gasteiger charge is -2.21. The Morgan fingerprint density at radius 2 is 2.00 bits per heavy atom. The highest BCUT2D eigenvalue weighted by molar-refractivity contribution is 5.94. The van der Waals surface area contributed by atoms with E-state index >= 15 is 0 Å². The molecule has 1 aliphatic rings. The van der Waals surface area contributed by atoms with Crippen molar-refractivity contribution in [3.05, 3.63) is 29.3 Å². The Balaban J connectivity index is 2.22. The maximum absolute atomic E-state index is 13.6. The number of amides is 1. The fourth-order valence-electron chi connectivity index (χ4n) is 1.98. The molecule has 1 saturated carbocycles. The van der Waals surface area contributed by atoms with Gasteiger partial charge < -0.3 is 10.3 Å². The molecular formula is C13H17F2N3O. The van der Waals surface area contributed by atoms with Crippen LogP contribution < -0.4 is 11.3 Å². The van der Waals surface area contributed by atoms with Gasteiger partial charge in [0.2, 0.25) is 0 Å². The van der Waals surface area contributed by atoms with E-state index in [9.17, 15) is 13.6 Å². The molecule has 0 heterocycles. The Bertz CT molecular complexity index is 466. The average molecular weight is 269 g/mol. The van der Waals surface area contributed by atoms with Crippen LogP contribution in [0.3, 0.4) is 0 Å². The van der Waals surface area contributed by atoms with Crippen molar-refractivity contribution in [1.29, 1.82) is 0 Å². The van der Waals surface area contributed by atoms with Crippen LogP contribution >= 0.6 is 0 Å². The number of hydrogen-bond donors (Lipinski definition) is 2. The molecule has 2 rings (SSSR count). The molecule has 6 heteroatoms. The fraction of sp³-hybridized carbons (Fsp3) is 0.462. The molecule has 0 aromatic heterocycles. The van der Waals surface area contributed by atoms with E-state index < -0.39 is 17.3 Å². The lowest BCUT2D eigenvalue weighted by atomic mass is 10.1. The Morgan fingerprint density at radius 1 is 1.42 bits per heavy atom. The van der Waals surface area contributed by atoms with Crippen molar-refractivity contribution in [1.82, 2.24) is 4.90 Å². The number of benzene rings is 1. The summed E-state index contributed by atoms with van der Waals surface area (Å²) in [4.78, 5) is 13.8. The number of carbonyl (C=O) groups excluding carboxylic acids is 1. The van der Waals surface area contributed by atoms with Crippen LogP contribution in [0.4, 0.5) is 14.5 Å².